The van der Waals surface area contributed by atoms with Crippen LogP contribution in [0.4, 0.5) is 0 Å². The van der Waals surface area contributed by atoms with E-state index in [4.69, 9.17) is 18.0 Å². The van der Waals surface area contributed by atoms with Crippen LogP contribution in [0.5, 0.6) is 0 Å². The average molecular weight is 200 g/mol. The van der Waals surface area contributed by atoms with Gasteiger partial charge in [-0.15, -0.1) is 0 Å². The van der Waals surface area contributed by atoms with Gasteiger partial charge in [0.25, 0.3) is 0 Å². The van der Waals surface area contributed by atoms with Crippen LogP contribution in [0, 0.1) is 5.41 Å². The largest absolute Gasteiger partial charge is 0.376 e. The molecule has 0 aliphatic carbocycles. The van der Waals surface area contributed by atoms with Crippen LogP contribution < -0.4 is 5.73 Å². The predicted octanol–water partition coefficient (Wildman–Crippen LogP) is 2.13. The van der Waals surface area contributed by atoms with Crippen molar-refractivity contribution in [3.05, 3.63) is 0 Å². The predicted molar refractivity (Wildman–Crippen MR) is 60.6 cm³/mol. The van der Waals surface area contributed by atoms with Gasteiger partial charge in [-0.1, -0.05) is 20.8 Å². The Kier molecular flexibility index (Phi) is 3.17. The highest BCUT2D eigenvalue weighted by atomic mass is 32.1. The fourth-order valence-corrected chi connectivity index (χ4v) is 2.31. The summed E-state index contributed by atoms with van der Waals surface area (Å²) in [6.07, 6.45) is 3.76. The number of hydrogen-bond donors (Lipinski definition) is 1. The maximum absolute atomic E-state index is 5.71. The van der Waals surface area contributed by atoms with E-state index < -0.39 is 0 Å². The normalized spacial score (nSPS) is 24.5. The van der Waals surface area contributed by atoms with E-state index in [9.17, 15) is 0 Å². The van der Waals surface area contributed by atoms with Gasteiger partial charge in [-0.25, -0.2) is 0 Å². The summed E-state index contributed by atoms with van der Waals surface area (Å²) >= 11 is 5.07. The SMILES string of the molecule is CC(C)(C)C1CCCCN1C(N)=S. The van der Waals surface area contributed by atoms with Crippen molar-refractivity contribution in [1.82, 2.24) is 4.90 Å². The second-order valence-corrected chi connectivity index (χ2v) is 5.33. The van der Waals surface area contributed by atoms with E-state index in [0.29, 0.717) is 11.2 Å². The quantitative estimate of drug-likeness (QED) is 0.607. The van der Waals surface area contributed by atoms with Gasteiger partial charge in [-0.2, -0.15) is 0 Å². The van der Waals surface area contributed by atoms with Crippen molar-refractivity contribution >= 4 is 17.3 Å². The molecule has 1 heterocycles. The third kappa shape index (κ3) is 2.56. The van der Waals surface area contributed by atoms with Gasteiger partial charge < -0.3 is 10.6 Å². The third-order valence-electron chi connectivity index (χ3n) is 2.79. The molecule has 0 amide bonds. The fourth-order valence-electron chi connectivity index (χ4n) is 2.10. The van der Waals surface area contributed by atoms with E-state index in [2.05, 4.69) is 25.7 Å². The summed E-state index contributed by atoms with van der Waals surface area (Å²) in [6.45, 7) is 7.81. The summed E-state index contributed by atoms with van der Waals surface area (Å²) < 4.78 is 0. The highest BCUT2D eigenvalue weighted by molar-refractivity contribution is 7.80. The Bertz CT molecular complexity index is 196. The van der Waals surface area contributed by atoms with Crippen molar-refractivity contribution in [2.24, 2.45) is 11.1 Å². The molecule has 0 aromatic heterocycles. The Morgan fingerprint density at radius 3 is 2.38 bits per heavy atom. The van der Waals surface area contributed by atoms with Crippen LogP contribution in [0.25, 0.3) is 0 Å². The molecule has 1 atom stereocenters. The molecule has 1 aliphatic heterocycles. The van der Waals surface area contributed by atoms with Crippen LogP contribution in [-0.4, -0.2) is 22.6 Å². The number of hydrogen-bond acceptors (Lipinski definition) is 1. The van der Waals surface area contributed by atoms with Crippen LogP contribution in [0.1, 0.15) is 40.0 Å². The van der Waals surface area contributed by atoms with Crippen molar-refractivity contribution in [3.8, 4) is 0 Å². The molecule has 0 saturated carbocycles. The van der Waals surface area contributed by atoms with Gasteiger partial charge in [0.2, 0.25) is 0 Å². The topological polar surface area (TPSA) is 29.3 Å². The van der Waals surface area contributed by atoms with E-state index in [1.165, 1.54) is 19.3 Å². The highest BCUT2D eigenvalue weighted by Crippen LogP contribution is 2.31. The van der Waals surface area contributed by atoms with Gasteiger partial charge >= 0.3 is 0 Å². The Labute approximate surface area is 86.5 Å². The summed E-state index contributed by atoms with van der Waals surface area (Å²) in [5.41, 5.74) is 5.99. The average Bonchev–Trinajstić information content (AvgIpc) is 2.03. The lowest BCUT2D eigenvalue weighted by Crippen LogP contribution is -2.51. The zero-order valence-corrected chi connectivity index (χ0v) is 9.66. The summed E-state index contributed by atoms with van der Waals surface area (Å²) in [4.78, 5) is 2.19. The van der Waals surface area contributed by atoms with Crippen LogP contribution in [0.2, 0.25) is 0 Å². The first kappa shape index (κ1) is 10.8. The Hall–Kier alpha value is -0.310. The van der Waals surface area contributed by atoms with Crippen LogP contribution in [-0.2, 0) is 0 Å². The van der Waals surface area contributed by atoms with E-state index in [-0.39, 0.29) is 5.41 Å². The van der Waals surface area contributed by atoms with Crippen LogP contribution in [0.15, 0.2) is 0 Å². The van der Waals surface area contributed by atoms with E-state index in [0.717, 1.165) is 6.54 Å². The summed E-state index contributed by atoms with van der Waals surface area (Å²) in [5, 5.41) is 0.569. The van der Waals surface area contributed by atoms with Crippen molar-refractivity contribution in [2.45, 2.75) is 46.1 Å². The van der Waals surface area contributed by atoms with Crippen molar-refractivity contribution < 1.29 is 0 Å². The zero-order valence-electron chi connectivity index (χ0n) is 8.84. The molecule has 0 aromatic rings. The van der Waals surface area contributed by atoms with E-state index in [1.54, 1.807) is 0 Å². The molecular weight excluding hydrogens is 180 g/mol. The first-order valence-corrected chi connectivity index (χ1v) is 5.40. The van der Waals surface area contributed by atoms with Crippen LogP contribution in [0.3, 0.4) is 0 Å². The lowest BCUT2D eigenvalue weighted by atomic mass is 9.81. The number of thiocarbonyl (C=S) groups is 1. The van der Waals surface area contributed by atoms with Crippen molar-refractivity contribution in [3.63, 3.8) is 0 Å². The molecule has 2 N–H and O–H groups in total. The first-order valence-electron chi connectivity index (χ1n) is 4.99. The summed E-state index contributed by atoms with van der Waals surface area (Å²) in [7, 11) is 0. The van der Waals surface area contributed by atoms with Gasteiger partial charge in [0.15, 0.2) is 5.11 Å². The molecule has 1 rings (SSSR count). The van der Waals surface area contributed by atoms with Crippen LogP contribution >= 0.6 is 12.2 Å². The number of rotatable bonds is 0. The minimum Gasteiger partial charge on any atom is -0.376 e. The molecule has 1 aliphatic rings. The van der Waals surface area contributed by atoms with Crippen molar-refractivity contribution in [2.75, 3.05) is 6.54 Å². The molecule has 1 unspecified atom stereocenters. The molecule has 0 aromatic carbocycles. The van der Waals surface area contributed by atoms with E-state index >= 15 is 0 Å². The fraction of sp³-hybridized carbons (Fsp3) is 0.900. The minimum absolute atomic E-state index is 0.282. The molecule has 13 heavy (non-hydrogen) atoms. The molecule has 1 fully saturated rings. The molecule has 0 bridgehead atoms. The second kappa shape index (κ2) is 3.82. The minimum atomic E-state index is 0.282. The Morgan fingerprint density at radius 1 is 1.38 bits per heavy atom. The van der Waals surface area contributed by atoms with Gasteiger partial charge in [-0.3, -0.25) is 0 Å². The second-order valence-electron chi connectivity index (χ2n) is 4.91. The van der Waals surface area contributed by atoms with Crippen molar-refractivity contribution in [1.29, 1.82) is 0 Å². The van der Waals surface area contributed by atoms with Gasteiger partial charge in [0.1, 0.15) is 0 Å². The van der Waals surface area contributed by atoms with Gasteiger partial charge in [-0.05, 0) is 36.9 Å². The Balaban J connectivity index is 2.73. The van der Waals surface area contributed by atoms with Gasteiger partial charge in [0, 0.05) is 12.6 Å². The molecule has 76 valence electrons. The number of likely N-dealkylation sites (tertiary alicyclic amines) is 1. The number of nitrogens with zero attached hydrogens (tertiary/aromatic N) is 1. The monoisotopic (exact) mass is 200 g/mol. The zero-order chi connectivity index (χ0) is 10.1. The maximum atomic E-state index is 5.71. The standard InChI is InChI=1S/C10H20N2S/c1-10(2,3)8-6-4-5-7-12(8)9(11)13/h8H,4-7H2,1-3H3,(H2,11,13). The summed E-state index contributed by atoms with van der Waals surface area (Å²) in [6, 6.07) is 0.527. The number of nitrogens with two attached hydrogens (primary N) is 1. The van der Waals surface area contributed by atoms with Gasteiger partial charge in [0.05, 0.1) is 0 Å². The lowest BCUT2D eigenvalue weighted by Gasteiger charge is -2.43. The third-order valence-corrected chi connectivity index (χ3v) is 3.02. The molecule has 0 spiro atoms. The smallest absolute Gasteiger partial charge is 0.166 e. The molecule has 0 radical (unpaired) electrons. The molecule has 3 heteroatoms. The Morgan fingerprint density at radius 2 is 2.00 bits per heavy atom. The first-order chi connectivity index (χ1) is 5.93. The molecular formula is C10H20N2S. The van der Waals surface area contributed by atoms with E-state index in [1.807, 2.05) is 0 Å². The highest BCUT2D eigenvalue weighted by Gasteiger charge is 2.32. The molecule has 1 saturated heterocycles. The lowest BCUT2D eigenvalue weighted by molar-refractivity contribution is 0.127. The summed E-state index contributed by atoms with van der Waals surface area (Å²) in [5.74, 6) is 0. The maximum Gasteiger partial charge on any atom is 0.166 e. The number of piperidine rings is 1. The molecule has 2 nitrogen and oxygen atoms in total.